The van der Waals surface area contributed by atoms with Crippen molar-refractivity contribution in [3.8, 4) is 0 Å². The first kappa shape index (κ1) is 10.2. The predicted molar refractivity (Wildman–Crippen MR) is 50.6 cm³/mol. The monoisotopic (exact) mass is 181 g/mol. The zero-order valence-corrected chi connectivity index (χ0v) is 8.03. The fraction of sp³-hybridized carbons (Fsp3) is 0.500. The molecule has 1 heterocycles. The van der Waals surface area contributed by atoms with E-state index >= 15 is 0 Å². The van der Waals surface area contributed by atoms with Crippen LogP contribution in [0.2, 0.25) is 0 Å². The van der Waals surface area contributed by atoms with Crippen LogP contribution in [0.1, 0.15) is 11.3 Å². The van der Waals surface area contributed by atoms with Crippen molar-refractivity contribution >= 4 is 0 Å². The first-order chi connectivity index (χ1) is 6.22. The first-order valence-electron chi connectivity index (χ1n) is 4.31. The van der Waals surface area contributed by atoms with E-state index in [0.717, 1.165) is 11.3 Å². The minimum atomic E-state index is -0.458. The van der Waals surface area contributed by atoms with Gasteiger partial charge in [-0.1, -0.05) is 6.07 Å². The molecule has 3 heteroatoms. The Morgan fingerprint density at radius 3 is 2.85 bits per heavy atom. The zero-order valence-electron chi connectivity index (χ0n) is 8.03. The van der Waals surface area contributed by atoms with Crippen molar-refractivity contribution in [3.63, 3.8) is 0 Å². The van der Waals surface area contributed by atoms with Gasteiger partial charge in [0.15, 0.2) is 0 Å². The molecule has 0 fully saturated rings. The predicted octanol–water partition coefficient (Wildman–Crippen LogP) is 0.940. The van der Waals surface area contributed by atoms with Gasteiger partial charge < -0.3 is 9.84 Å². The van der Waals surface area contributed by atoms with Crippen LogP contribution < -0.4 is 0 Å². The number of aryl methyl sites for hydroxylation is 1. The number of hydrogen-bond donors (Lipinski definition) is 1. The van der Waals surface area contributed by atoms with Gasteiger partial charge in [0.1, 0.15) is 0 Å². The average Bonchev–Trinajstić information content (AvgIpc) is 2.09. The van der Waals surface area contributed by atoms with Crippen molar-refractivity contribution in [3.05, 3.63) is 29.6 Å². The molecule has 0 bridgehead atoms. The van der Waals surface area contributed by atoms with E-state index in [0.29, 0.717) is 13.0 Å². The molecule has 1 aromatic rings. The Labute approximate surface area is 78.4 Å². The summed E-state index contributed by atoms with van der Waals surface area (Å²) in [6.45, 7) is 2.35. The second-order valence-electron chi connectivity index (χ2n) is 3.14. The van der Waals surface area contributed by atoms with E-state index in [1.54, 1.807) is 13.3 Å². The van der Waals surface area contributed by atoms with Gasteiger partial charge in [-0.3, -0.25) is 4.98 Å². The normalized spacial score (nSPS) is 12.8. The Morgan fingerprint density at radius 2 is 2.31 bits per heavy atom. The summed E-state index contributed by atoms with van der Waals surface area (Å²) in [6, 6.07) is 3.91. The van der Waals surface area contributed by atoms with Crippen LogP contribution >= 0.6 is 0 Å². The summed E-state index contributed by atoms with van der Waals surface area (Å²) in [7, 11) is 1.58. The van der Waals surface area contributed by atoms with Crippen LogP contribution in [0.3, 0.4) is 0 Å². The standard InChI is InChI=1S/C10H15NO2/c1-8-3-4-9(11-6-8)5-10(12)7-13-2/h3-4,6,10,12H,5,7H2,1-2H3. The fourth-order valence-electron chi connectivity index (χ4n) is 1.11. The van der Waals surface area contributed by atoms with Crippen molar-refractivity contribution in [1.29, 1.82) is 0 Å². The van der Waals surface area contributed by atoms with Gasteiger partial charge in [0.05, 0.1) is 12.7 Å². The molecule has 0 saturated heterocycles. The second-order valence-corrected chi connectivity index (χ2v) is 3.14. The van der Waals surface area contributed by atoms with Gasteiger partial charge in [-0.05, 0) is 18.6 Å². The molecule has 1 N–H and O–H groups in total. The zero-order chi connectivity index (χ0) is 9.68. The number of rotatable bonds is 4. The maximum atomic E-state index is 9.41. The van der Waals surface area contributed by atoms with Crippen LogP contribution in [0.4, 0.5) is 0 Å². The van der Waals surface area contributed by atoms with Crippen LogP contribution in [0.5, 0.6) is 0 Å². The van der Waals surface area contributed by atoms with Crippen molar-refractivity contribution in [2.75, 3.05) is 13.7 Å². The smallest absolute Gasteiger partial charge is 0.0828 e. The van der Waals surface area contributed by atoms with Crippen LogP contribution in [0.15, 0.2) is 18.3 Å². The summed E-state index contributed by atoms with van der Waals surface area (Å²) in [5.74, 6) is 0. The number of aliphatic hydroxyl groups excluding tert-OH is 1. The van der Waals surface area contributed by atoms with Crippen molar-refractivity contribution in [2.45, 2.75) is 19.4 Å². The quantitative estimate of drug-likeness (QED) is 0.751. The molecule has 0 spiro atoms. The van der Waals surface area contributed by atoms with Gasteiger partial charge in [0, 0.05) is 25.4 Å². The van der Waals surface area contributed by atoms with Gasteiger partial charge in [-0.15, -0.1) is 0 Å². The molecule has 0 aliphatic carbocycles. The summed E-state index contributed by atoms with van der Waals surface area (Å²) in [5, 5.41) is 9.41. The topological polar surface area (TPSA) is 42.4 Å². The highest BCUT2D eigenvalue weighted by Crippen LogP contribution is 2.02. The first-order valence-corrected chi connectivity index (χ1v) is 4.31. The van der Waals surface area contributed by atoms with Gasteiger partial charge in [0.2, 0.25) is 0 Å². The molecule has 1 aromatic heterocycles. The minimum Gasteiger partial charge on any atom is -0.390 e. The maximum Gasteiger partial charge on any atom is 0.0828 e. The highest BCUT2D eigenvalue weighted by Gasteiger charge is 2.05. The lowest BCUT2D eigenvalue weighted by Gasteiger charge is -2.08. The Bertz CT molecular complexity index is 246. The van der Waals surface area contributed by atoms with E-state index in [1.165, 1.54) is 0 Å². The lowest BCUT2D eigenvalue weighted by molar-refractivity contribution is 0.0644. The molecule has 0 aromatic carbocycles. The lowest BCUT2D eigenvalue weighted by Crippen LogP contribution is -2.17. The van der Waals surface area contributed by atoms with Gasteiger partial charge in [0.25, 0.3) is 0 Å². The summed E-state index contributed by atoms with van der Waals surface area (Å²) < 4.78 is 4.82. The van der Waals surface area contributed by atoms with Crippen LogP contribution in [0.25, 0.3) is 0 Å². The van der Waals surface area contributed by atoms with E-state index in [-0.39, 0.29) is 0 Å². The number of ether oxygens (including phenoxy) is 1. The van der Waals surface area contributed by atoms with E-state index in [4.69, 9.17) is 4.74 Å². The fourth-order valence-corrected chi connectivity index (χ4v) is 1.11. The van der Waals surface area contributed by atoms with Gasteiger partial charge in [-0.2, -0.15) is 0 Å². The molecule has 0 saturated carbocycles. The molecule has 1 unspecified atom stereocenters. The number of methoxy groups -OCH3 is 1. The summed E-state index contributed by atoms with van der Waals surface area (Å²) in [4.78, 5) is 4.18. The summed E-state index contributed by atoms with van der Waals surface area (Å²) in [6.07, 6.45) is 1.89. The van der Waals surface area contributed by atoms with E-state index < -0.39 is 6.10 Å². The van der Waals surface area contributed by atoms with Gasteiger partial charge >= 0.3 is 0 Å². The largest absolute Gasteiger partial charge is 0.390 e. The number of aromatic nitrogens is 1. The molecule has 1 atom stereocenters. The molecule has 13 heavy (non-hydrogen) atoms. The number of pyridine rings is 1. The molecule has 3 nitrogen and oxygen atoms in total. The van der Waals surface area contributed by atoms with Crippen molar-refractivity contribution < 1.29 is 9.84 Å². The average molecular weight is 181 g/mol. The molecule has 0 amide bonds. The molecule has 0 aliphatic heterocycles. The Kier molecular flexibility index (Phi) is 3.86. The van der Waals surface area contributed by atoms with E-state index in [1.807, 2.05) is 19.1 Å². The number of aliphatic hydroxyl groups is 1. The Morgan fingerprint density at radius 1 is 1.54 bits per heavy atom. The summed E-state index contributed by atoms with van der Waals surface area (Å²) in [5.41, 5.74) is 2.03. The molecule has 72 valence electrons. The Hall–Kier alpha value is -0.930. The second kappa shape index (κ2) is 4.94. The summed E-state index contributed by atoms with van der Waals surface area (Å²) >= 11 is 0. The highest BCUT2D eigenvalue weighted by atomic mass is 16.5. The van der Waals surface area contributed by atoms with Gasteiger partial charge in [-0.25, -0.2) is 0 Å². The molecular formula is C10H15NO2. The molecule has 0 aliphatic rings. The maximum absolute atomic E-state index is 9.41. The van der Waals surface area contributed by atoms with E-state index in [2.05, 4.69) is 4.98 Å². The SMILES string of the molecule is COCC(O)Cc1ccc(C)cn1. The van der Waals surface area contributed by atoms with Crippen molar-refractivity contribution in [1.82, 2.24) is 4.98 Å². The van der Waals surface area contributed by atoms with Crippen LogP contribution in [-0.4, -0.2) is 29.9 Å². The van der Waals surface area contributed by atoms with Crippen LogP contribution in [-0.2, 0) is 11.2 Å². The third kappa shape index (κ3) is 3.53. The third-order valence-electron chi connectivity index (χ3n) is 1.78. The molecule has 1 rings (SSSR count). The lowest BCUT2D eigenvalue weighted by atomic mass is 10.2. The van der Waals surface area contributed by atoms with E-state index in [9.17, 15) is 5.11 Å². The molecule has 0 radical (unpaired) electrons. The third-order valence-corrected chi connectivity index (χ3v) is 1.78. The van der Waals surface area contributed by atoms with Crippen LogP contribution in [0, 0.1) is 6.92 Å². The Balaban J connectivity index is 2.49. The minimum absolute atomic E-state index is 0.357. The molecular weight excluding hydrogens is 166 g/mol. The highest BCUT2D eigenvalue weighted by molar-refractivity contribution is 5.12. The number of nitrogens with zero attached hydrogens (tertiary/aromatic N) is 1. The van der Waals surface area contributed by atoms with Crippen molar-refractivity contribution in [2.24, 2.45) is 0 Å². The number of hydrogen-bond acceptors (Lipinski definition) is 3.